The van der Waals surface area contributed by atoms with Gasteiger partial charge in [0.2, 0.25) is 0 Å². The highest BCUT2D eigenvalue weighted by molar-refractivity contribution is 7.99. The Bertz CT molecular complexity index is 666. The molecule has 6 nitrogen and oxygen atoms in total. The smallest absolute Gasteiger partial charge is 0.303 e. The molecule has 0 heterocycles. The van der Waals surface area contributed by atoms with Crippen LogP contribution in [0, 0.1) is 11.8 Å². The van der Waals surface area contributed by atoms with E-state index in [4.69, 9.17) is 5.11 Å². The van der Waals surface area contributed by atoms with Crippen LogP contribution in [0.5, 0.6) is 0 Å². The van der Waals surface area contributed by atoms with Crippen LogP contribution in [-0.4, -0.2) is 50.5 Å². The molecule has 1 saturated carbocycles. The summed E-state index contributed by atoms with van der Waals surface area (Å²) in [6, 6.07) is 9.61. The van der Waals surface area contributed by atoms with Crippen LogP contribution in [0.1, 0.15) is 32.1 Å². The monoisotopic (exact) mass is 421 g/mol. The van der Waals surface area contributed by atoms with Crippen molar-refractivity contribution in [3.63, 3.8) is 0 Å². The first-order chi connectivity index (χ1) is 14.0. The molecule has 7 heteroatoms. The summed E-state index contributed by atoms with van der Waals surface area (Å²) < 4.78 is 0. The predicted octanol–water partition coefficient (Wildman–Crippen LogP) is 3.24. The lowest BCUT2D eigenvalue weighted by Crippen LogP contribution is -2.30. The molecule has 1 fully saturated rings. The van der Waals surface area contributed by atoms with Gasteiger partial charge in [-0.25, -0.2) is 5.48 Å². The summed E-state index contributed by atoms with van der Waals surface area (Å²) >= 11 is 1.57. The average Bonchev–Trinajstić information content (AvgIpc) is 3.02. The molecule has 0 saturated heterocycles. The molecule has 0 spiro atoms. The SMILES string of the molecule is O=C(O)CCC/C=C/CC1C(O)CC(NO)C1/C=C/C(O)CSc1ccccc1. The number of hydrogen-bond acceptors (Lipinski definition) is 6. The van der Waals surface area contributed by atoms with Gasteiger partial charge in [0.05, 0.1) is 12.2 Å². The van der Waals surface area contributed by atoms with Gasteiger partial charge in [-0.2, -0.15) is 0 Å². The summed E-state index contributed by atoms with van der Waals surface area (Å²) in [5, 5.41) is 38.8. The quantitative estimate of drug-likeness (QED) is 0.152. The van der Waals surface area contributed by atoms with Crippen molar-refractivity contribution in [3.05, 3.63) is 54.6 Å². The highest BCUT2D eigenvalue weighted by Crippen LogP contribution is 2.36. The molecule has 0 bridgehead atoms. The van der Waals surface area contributed by atoms with Crippen molar-refractivity contribution in [3.8, 4) is 0 Å². The molecule has 0 amide bonds. The minimum atomic E-state index is -0.796. The minimum Gasteiger partial charge on any atom is -0.481 e. The molecule has 0 aromatic heterocycles. The standard InChI is InChI=1S/C22H31NO5S/c24-16(15-29-17-8-4-3-5-9-17)12-13-18-19(21(25)14-20(18)23-28)10-6-1-2-7-11-22(26)27/h1,3-6,8-9,12-13,16,18-21,23-25,28H,2,7,10-11,14-15H2,(H,26,27)/b6-1+,13-12+. The first kappa shape index (κ1) is 23.6. The second-order valence-electron chi connectivity index (χ2n) is 7.35. The summed E-state index contributed by atoms with van der Waals surface area (Å²) in [6.07, 6.45) is 8.89. The molecule has 1 aromatic carbocycles. The zero-order chi connectivity index (χ0) is 21.1. The van der Waals surface area contributed by atoms with Crippen molar-refractivity contribution in [1.29, 1.82) is 0 Å². The molecule has 1 aliphatic rings. The predicted molar refractivity (Wildman–Crippen MR) is 114 cm³/mol. The van der Waals surface area contributed by atoms with Crippen LogP contribution in [0.2, 0.25) is 0 Å². The van der Waals surface area contributed by atoms with Gasteiger partial charge < -0.3 is 20.5 Å². The number of nitrogens with one attached hydrogen (secondary N) is 1. The van der Waals surface area contributed by atoms with Crippen LogP contribution in [0.3, 0.4) is 0 Å². The second kappa shape index (κ2) is 12.8. The van der Waals surface area contributed by atoms with Crippen LogP contribution in [0.25, 0.3) is 0 Å². The molecule has 29 heavy (non-hydrogen) atoms. The van der Waals surface area contributed by atoms with E-state index in [-0.39, 0.29) is 24.3 Å². The van der Waals surface area contributed by atoms with Crippen LogP contribution < -0.4 is 5.48 Å². The van der Waals surface area contributed by atoms with Crippen molar-refractivity contribution in [2.45, 2.75) is 55.2 Å². The highest BCUT2D eigenvalue weighted by Gasteiger charge is 2.40. The Morgan fingerprint density at radius 1 is 1.28 bits per heavy atom. The van der Waals surface area contributed by atoms with Crippen LogP contribution in [0.4, 0.5) is 0 Å². The van der Waals surface area contributed by atoms with Gasteiger partial charge in [0, 0.05) is 29.0 Å². The Morgan fingerprint density at radius 3 is 2.72 bits per heavy atom. The van der Waals surface area contributed by atoms with Gasteiger partial charge >= 0.3 is 5.97 Å². The van der Waals surface area contributed by atoms with Gasteiger partial charge in [-0.15, -0.1) is 11.8 Å². The summed E-state index contributed by atoms with van der Waals surface area (Å²) in [6.45, 7) is 0. The molecule has 5 atom stereocenters. The Hall–Kier alpha value is -1.64. The lowest BCUT2D eigenvalue weighted by Gasteiger charge is -2.21. The largest absolute Gasteiger partial charge is 0.481 e. The average molecular weight is 422 g/mol. The van der Waals surface area contributed by atoms with Crippen LogP contribution >= 0.6 is 11.8 Å². The Morgan fingerprint density at radius 2 is 2.03 bits per heavy atom. The third-order valence-corrected chi connectivity index (χ3v) is 6.28. The number of carbonyl (C=O) groups is 1. The van der Waals surface area contributed by atoms with Crippen LogP contribution in [0.15, 0.2) is 59.5 Å². The summed E-state index contributed by atoms with van der Waals surface area (Å²) in [5.74, 6) is -0.437. The number of allylic oxidation sites excluding steroid dienone is 2. The molecule has 0 aliphatic heterocycles. The first-order valence-electron chi connectivity index (χ1n) is 10.00. The number of aliphatic hydroxyl groups excluding tert-OH is 2. The van der Waals surface area contributed by atoms with Gasteiger partial charge in [-0.05, 0) is 43.7 Å². The van der Waals surface area contributed by atoms with Crippen molar-refractivity contribution in [2.75, 3.05) is 5.75 Å². The van der Waals surface area contributed by atoms with E-state index in [1.54, 1.807) is 17.8 Å². The normalized spacial score (nSPS) is 25.8. The third-order valence-electron chi connectivity index (χ3n) is 5.17. The van der Waals surface area contributed by atoms with Gasteiger partial charge in [-0.1, -0.05) is 42.5 Å². The maximum absolute atomic E-state index is 10.5. The van der Waals surface area contributed by atoms with Crippen molar-refractivity contribution in [1.82, 2.24) is 5.48 Å². The van der Waals surface area contributed by atoms with E-state index in [1.165, 1.54) is 0 Å². The van der Waals surface area contributed by atoms with Gasteiger partial charge in [0.25, 0.3) is 0 Å². The maximum Gasteiger partial charge on any atom is 0.303 e. The van der Waals surface area contributed by atoms with Crippen molar-refractivity contribution < 1.29 is 25.3 Å². The van der Waals surface area contributed by atoms with E-state index in [0.29, 0.717) is 31.4 Å². The highest BCUT2D eigenvalue weighted by atomic mass is 32.2. The number of unbranched alkanes of at least 4 members (excludes halogenated alkanes) is 1. The summed E-state index contributed by atoms with van der Waals surface area (Å²) in [4.78, 5) is 11.6. The Balaban J connectivity index is 1.87. The Labute approximate surface area is 176 Å². The number of aliphatic carboxylic acids is 1. The third kappa shape index (κ3) is 8.32. The number of benzene rings is 1. The number of carboxylic acids is 1. The molecule has 160 valence electrons. The minimum absolute atomic E-state index is 0.0689. The van der Waals surface area contributed by atoms with Crippen molar-refractivity contribution in [2.24, 2.45) is 11.8 Å². The number of hydrogen-bond donors (Lipinski definition) is 5. The first-order valence-corrected chi connectivity index (χ1v) is 11.0. The van der Waals surface area contributed by atoms with E-state index < -0.39 is 18.2 Å². The fourth-order valence-electron chi connectivity index (χ4n) is 3.63. The Kier molecular flexibility index (Phi) is 10.5. The number of aliphatic hydroxyl groups is 2. The molecule has 1 aliphatic carbocycles. The molecular formula is C22H31NO5S. The fourth-order valence-corrected chi connectivity index (χ4v) is 4.45. The lowest BCUT2D eigenvalue weighted by atomic mass is 9.89. The lowest BCUT2D eigenvalue weighted by molar-refractivity contribution is -0.137. The van der Waals surface area contributed by atoms with E-state index >= 15 is 0 Å². The van der Waals surface area contributed by atoms with E-state index in [9.17, 15) is 20.2 Å². The van der Waals surface area contributed by atoms with Gasteiger partial charge in [0.1, 0.15) is 0 Å². The number of carboxylic acid groups (broad SMARTS) is 1. The number of hydroxylamine groups is 1. The van der Waals surface area contributed by atoms with E-state index in [2.05, 4.69) is 5.48 Å². The summed E-state index contributed by atoms with van der Waals surface area (Å²) in [7, 11) is 0. The molecule has 0 radical (unpaired) electrons. The fraction of sp³-hybridized carbons (Fsp3) is 0.500. The van der Waals surface area contributed by atoms with Gasteiger partial charge in [-0.3, -0.25) is 4.79 Å². The van der Waals surface area contributed by atoms with Crippen LogP contribution in [-0.2, 0) is 4.79 Å². The number of thioether (sulfide) groups is 1. The van der Waals surface area contributed by atoms with E-state index in [1.807, 2.05) is 48.6 Å². The number of rotatable bonds is 12. The second-order valence-corrected chi connectivity index (χ2v) is 8.44. The molecule has 2 rings (SSSR count). The topological polar surface area (TPSA) is 110 Å². The zero-order valence-corrected chi connectivity index (χ0v) is 17.2. The maximum atomic E-state index is 10.5. The molecule has 5 unspecified atom stereocenters. The van der Waals surface area contributed by atoms with Crippen molar-refractivity contribution >= 4 is 17.7 Å². The summed E-state index contributed by atoms with van der Waals surface area (Å²) in [5.41, 5.74) is 2.29. The molecule has 1 aromatic rings. The molecule has 5 N–H and O–H groups in total. The zero-order valence-electron chi connectivity index (χ0n) is 16.4. The molecular weight excluding hydrogens is 390 g/mol. The van der Waals surface area contributed by atoms with Gasteiger partial charge in [0.15, 0.2) is 0 Å². The van der Waals surface area contributed by atoms with E-state index in [0.717, 1.165) is 4.90 Å².